The molecule has 0 bridgehead atoms. The summed E-state index contributed by atoms with van der Waals surface area (Å²) in [6, 6.07) is 7.66. The third-order valence-corrected chi connectivity index (χ3v) is 3.54. The highest BCUT2D eigenvalue weighted by Gasteiger charge is 2.29. The normalized spacial score (nSPS) is 11.2. The van der Waals surface area contributed by atoms with Crippen molar-refractivity contribution in [1.29, 1.82) is 0 Å². The van der Waals surface area contributed by atoms with Crippen LogP contribution in [0.3, 0.4) is 0 Å². The second-order valence-electron chi connectivity index (χ2n) is 3.82. The maximum Gasteiger partial charge on any atom is 0.244 e. The third kappa shape index (κ3) is 3.18. The van der Waals surface area contributed by atoms with Crippen molar-refractivity contribution >= 4 is 34.2 Å². The van der Waals surface area contributed by atoms with Crippen LogP contribution in [0.4, 0.5) is 5.69 Å². The second-order valence-corrected chi connectivity index (χ2v) is 5.07. The smallest absolute Gasteiger partial charge is 0.244 e. The minimum atomic E-state index is -0.761. The van der Waals surface area contributed by atoms with Gasteiger partial charge >= 0.3 is 0 Å². The van der Waals surface area contributed by atoms with Gasteiger partial charge in [-0.1, -0.05) is 13.8 Å². The zero-order valence-electron chi connectivity index (χ0n) is 9.59. The van der Waals surface area contributed by atoms with E-state index < -0.39 is 5.54 Å². The number of rotatable bonds is 4. The first kappa shape index (κ1) is 13.4. The van der Waals surface area contributed by atoms with Crippen molar-refractivity contribution in [3.63, 3.8) is 0 Å². The first-order valence-electron chi connectivity index (χ1n) is 5.37. The highest BCUT2D eigenvalue weighted by molar-refractivity contribution is 14.1. The van der Waals surface area contributed by atoms with E-state index in [1.807, 2.05) is 38.1 Å². The zero-order valence-corrected chi connectivity index (χ0v) is 11.7. The van der Waals surface area contributed by atoms with Gasteiger partial charge in [0.2, 0.25) is 5.91 Å². The fourth-order valence-corrected chi connectivity index (χ4v) is 1.72. The van der Waals surface area contributed by atoms with Gasteiger partial charge in [-0.25, -0.2) is 0 Å². The quantitative estimate of drug-likeness (QED) is 0.833. The highest BCUT2D eigenvalue weighted by atomic mass is 127. The Labute approximate surface area is 110 Å². The Morgan fingerprint density at radius 2 is 1.81 bits per heavy atom. The van der Waals surface area contributed by atoms with E-state index in [1.165, 1.54) is 0 Å². The summed E-state index contributed by atoms with van der Waals surface area (Å²) in [4.78, 5) is 11.9. The molecule has 3 N–H and O–H groups in total. The Bertz CT molecular complexity index is 358. The molecule has 0 spiro atoms. The Hall–Kier alpha value is -0.620. The summed E-state index contributed by atoms with van der Waals surface area (Å²) in [5, 5.41) is 2.84. The number of benzene rings is 1. The second kappa shape index (κ2) is 5.63. The Morgan fingerprint density at radius 1 is 1.31 bits per heavy atom. The van der Waals surface area contributed by atoms with Gasteiger partial charge in [0.05, 0.1) is 5.54 Å². The van der Waals surface area contributed by atoms with Crippen LogP contribution in [0.2, 0.25) is 0 Å². The molecule has 1 aromatic rings. The van der Waals surface area contributed by atoms with E-state index in [-0.39, 0.29) is 5.91 Å². The molecule has 0 unspecified atom stereocenters. The zero-order chi connectivity index (χ0) is 12.2. The van der Waals surface area contributed by atoms with Crippen molar-refractivity contribution in [3.05, 3.63) is 27.8 Å². The van der Waals surface area contributed by atoms with Gasteiger partial charge in [0.15, 0.2) is 0 Å². The van der Waals surface area contributed by atoms with E-state index >= 15 is 0 Å². The first-order valence-corrected chi connectivity index (χ1v) is 6.45. The summed E-state index contributed by atoms with van der Waals surface area (Å²) in [5.74, 6) is -0.112. The predicted octanol–water partition coefficient (Wildman–Crippen LogP) is 2.75. The number of anilines is 1. The number of hydrogen-bond donors (Lipinski definition) is 2. The molecular weight excluding hydrogens is 315 g/mol. The average Bonchev–Trinajstić information content (AvgIpc) is 2.31. The minimum Gasteiger partial charge on any atom is -0.324 e. The largest absolute Gasteiger partial charge is 0.324 e. The molecule has 0 heterocycles. The van der Waals surface area contributed by atoms with Crippen LogP contribution in [0.1, 0.15) is 26.7 Å². The van der Waals surface area contributed by atoms with Crippen LogP contribution in [0.25, 0.3) is 0 Å². The molecule has 0 fully saturated rings. The topological polar surface area (TPSA) is 55.1 Å². The fourth-order valence-electron chi connectivity index (χ4n) is 1.36. The number of carbonyl (C=O) groups is 1. The van der Waals surface area contributed by atoms with E-state index in [0.717, 1.165) is 9.26 Å². The molecule has 0 saturated carbocycles. The summed E-state index contributed by atoms with van der Waals surface area (Å²) in [6.45, 7) is 3.86. The van der Waals surface area contributed by atoms with Crippen LogP contribution >= 0.6 is 22.6 Å². The molecule has 16 heavy (non-hydrogen) atoms. The molecule has 1 aromatic carbocycles. The fraction of sp³-hybridized carbons (Fsp3) is 0.417. The Balaban J connectivity index is 2.74. The standard InChI is InChI=1S/C12H17IN2O/c1-3-12(14,4-2)11(16)15-10-7-5-9(13)6-8-10/h5-8H,3-4,14H2,1-2H3,(H,15,16). The van der Waals surface area contributed by atoms with Crippen LogP contribution < -0.4 is 11.1 Å². The van der Waals surface area contributed by atoms with E-state index in [1.54, 1.807) is 0 Å². The molecule has 0 aliphatic heterocycles. The number of amides is 1. The lowest BCUT2D eigenvalue weighted by atomic mass is 9.93. The van der Waals surface area contributed by atoms with Crippen molar-refractivity contribution in [3.8, 4) is 0 Å². The molecule has 88 valence electrons. The molecule has 0 aromatic heterocycles. The van der Waals surface area contributed by atoms with Crippen molar-refractivity contribution in [2.45, 2.75) is 32.2 Å². The Morgan fingerprint density at radius 3 is 2.25 bits per heavy atom. The van der Waals surface area contributed by atoms with Gasteiger partial charge in [-0.05, 0) is 59.7 Å². The average molecular weight is 332 g/mol. The molecule has 0 saturated heterocycles. The third-order valence-electron chi connectivity index (χ3n) is 2.82. The van der Waals surface area contributed by atoms with E-state index in [4.69, 9.17) is 5.73 Å². The summed E-state index contributed by atoms with van der Waals surface area (Å²) in [6.07, 6.45) is 1.28. The highest BCUT2D eigenvalue weighted by Crippen LogP contribution is 2.16. The maximum absolute atomic E-state index is 11.9. The molecule has 1 amide bonds. The van der Waals surface area contributed by atoms with Crippen molar-refractivity contribution in [2.75, 3.05) is 5.32 Å². The molecule has 0 radical (unpaired) electrons. The van der Waals surface area contributed by atoms with Crippen LogP contribution in [0.5, 0.6) is 0 Å². The molecule has 1 rings (SSSR count). The Kier molecular flexibility index (Phi) is 4.73. The number of nitrogens with two attached hydrogens (primary N) is 1. The molecule has 3 nitrogen and oxygen atoms in total. The lowest BCUT2D eigenvalue weighted by Gasteiger charge is -2.25. The number of nitrogens with one attached hydrogen (secondary N) is 1. The van der Waals surface area contributed by atoms with E-state index in [0.29, 0.717) is 12.8 Å². The van der Waals surface area contributed by atoms with Gasteiger partial charge in [-0.3, -0.25) is 4.79 Å². The number of hydrogen-bond acceptors (Lipinski definition) is 2. The lowest BCUT2D eigenvalue weighted by molar-refractivity contribution is -0.121. The number of halogens is 1. The SMILES string of the molecule is CCC(N)(CC)C(=O)Nc1ccc(I)cc1. The molecule has 0 aliphatic rings. The van der Waals surface area contributed by atoms with Gasteiger partial charge in [0.1, 0.15) is 0 Å². The van der Waals surface area contributed by atoms with Crippen molar-refractivity contribution in [2.24, 2.45) is 5.73 Å². The van der Waals surface area contributed by atoms with Gasteiger partial charge in [-0.2, -0.15) is 0 Å². The maximum atomic E-state index is 11.9. The van der Waals surface area contributed by atoms with Crippen LogP contribution in [-0.4, -0.2) is 11.4 Å². The summed E-state index contributed by atoms with van der Waals surface area (Å²) in [7, 11) is 0. The predicted molar refractivity (Wildman–Crippen MR) is 75.3 cm³/mol. The van der Waals surface area contributed by atoms with Crippen LogP contribution in [0, 0.1) is 3.57 Å². The lowest BCUT2D eigenvalue weighted by Crippen LogP contribution is -2.50. The van der Waals surface area contributed by atoms with Crippen LogP contribution in [0.15, 0.2) is 24.3 Å². The van der Waals surface area contributed by atoms with E-state index in [2.05, 4.69) is 27.9 Å². The molecular formula is C12H17IN2O. The van der Waals surface area contributed by atoms with Crippen molar-refractivity contribution in [1.82, 2.24) is 0 Å². The molecule has 0 aliphatic carbocycles. The molecule has 4 heteroatoms. The minimum absolute atomic E-state index is 0.112. The van der Waals surface area contributed by atoms with E-state index in [9.17, 15) is 4.79 Å². The summed E-state index contributed by atoms with van der Waals surface area (Å²) in [5.41, 5.74) is 6.04. The van der Waals surface area contributed by atoms with Gasteiger partial charge in [0.25, 0.3) is 0 Å². The monoisotopic (exact) mass is 332 g/mol. The summed E-state index contributed by atoms with van der Waals surface area (Å²) < 4.78 is 1.14. The first-order chi connectivity index (χ1) is 7.51. The van der Waals surface area contributed by atoms with Gasteiger partial charge < -0.3 is 11.1 Å². The number of carbonyl (C=O) groups excluding carboxylic acids is 1. The van der Waals surface area contributed by atoms with Gasteiger partial charge in [-0.15, -0.1) is 0 Å². The van der Waals surface area contributed by atoms with Crippen molar-refractivity contribution < 1.29 is 4.79 Å². The molecule has 0 atom stereocenters. The van der Waals surface area contributed by atoms with Crippen LogP contribution in [-0.2, 0) is 4.79 Å². The summed E-state index contributed by atoms with van der Waals surface area (Å²) >= 11 is 2.22. The van der Waals surface area contributed by atoms with Gasteiger partial charge in [0, 0.05) is 9.26 Å².